The SMILES string of the molecule is NCCOCCOCCOCCOCCN1CCN(c2ccc3nc(-c4ccc(N5CCCC5)nc4)sc3c2)CC1. The average Bonchev–Trinajstić information content (AvgIpc) is 3.70. The monoisotopic (exact) mass is 584 g/mol. The zero-order valence-electron chi connectivity index (χ0n) is 24.0. The summed E-state index contributed by atoms with van der Waals surface area (Å²) >= 11 is 1.75. The summed E-state index contributed by atoms with van der Waals surface area (Å²) in [7, 11) is 0. The van der Waals surface area contributed by atoms with Gasteiger partial charge in [-0.1, -0.05) is 0 Å². The Kier molecular flexibility index (Phi) is 12.0. The third-order valence-corrected chi connectivity index (χ3v) is 8.53. The second-order valence-electron chi connectivity index (χ2n) is 10.3. The van der Waals surface area contributed by atoms with Gasteiger partial charge in [0.2, 0.25) is 0 Å². The molecular formula is C30H44N6O4S. The topological polar surface area (TPSA) is 98.4 Å². The number of hydrogen-bond acceptors (Lipinski definition) is 11. The van der Waals surface area contributed by atoms with Crippen molar-refractivity contribution in [1.29, 1.82) is 0 Å². The summed E-state index contributed by atoms with van der Waals surface area (Å²) in [5.74, 6) is 1.08. The van der Waals surface area contributed by atoms with Crippen LogP contribution in [-0.4, -0.2) is 120 Å². The van der Waals surface area contributed by atoms with E-state index in [1.807, 2.05) is 6.20 Å². The Labute approximate surface area is 247 Å². The van der Waals surface area contributed by atoms with Gasteiger partial charge in [0.05, 0.1) is 63.1 Å². The summed E-state index contributed by atoms with van der Waals surface area (Å²) in [5.41, 5.74) is 8.78. The van der Waals surface area contributed by atoms with E-state index in [0.717, 1.165) is 74.3 Å². The molecule has 41 heavy (non-hydrogen) atoms. The summed E-state index contributed by atoms with van der Waals surface area (Å²) < 4.78 is 23.2. The van der Waals surface area contributed by atoms with E-state index in [1.165, 1.54) is 23.2 Å². The zero-order chi connectivity index (χ0) is 28.1. The van der Waals surface area contributed by atoms with Crippen LogP contribution >= 0.6 is 11.3 Å². The highest BCUT2D eigenvalue weighted by atomic mass is 32.1. The molecule has 10 nitrogen and oxygen atoms in total. The highest BCUT2D eigenvalue weighted by Gasteiger charge is 2.18. The fourth-order valence-electron chi connectivity index (χ4n) is 5.15. The van der Waals surface area contributed by atoms with E-state index in [1.54, 1.807) is 11.3 Å². The molecule has 0 saturated carbocycles. The van der Waals surface area contributed by atoms with Crippen LogP contribution in [-0.2, 0) is 18.9 Å². The van der Waals surface area contributed by atoms with Gasteiger partial charge in [-0.2, -0.15) is 0 Å². The molecule has 0 aliphatic carbocycles. The number of nitrogens with two attached hydrogens (primary N) is 1. The Morgan fingerprint density at radius 2 is 1.41 bits per heavy atom. The maximum atomic E-state index is 5.77. The van der Waals surface area contributed by atoms with Crippen molar-refractivity contribution in [1.82, 2.24) is 14.9 Å². The molecular weight excluding hydrogens is 540 g/mol. The van der Waals surface area contributed by atoms with Crippen LogP contribution in [0.3, 0.4) is 0 Å². The molecule has 0 spiro atoms. The lowest BCUT2D eigenvalue weighted by Crippen LogP contribution is -2.47. The lowest BCUT2D eigenvalue weighted by Gasteiger charge is -2.36. The molecule has 2 aliphatic rings. The number of nitrogens with zero attached hydrogens (tertiary/aromatic N) is 5. The number of rotatable bonds is 17. The Balaban J connectivity index is 0.974. The summed E-state index contributed by atoms with van der Waals surface area (Å²) in [5, 5.41) is 1.03. The molecule has 0 amide bonds. The first-order valence-corrected chi connectivity index (χ1v) is 15.7. The van der Waals surface area contributed by atoms with Crippen molar-refractivity contribution in [2.45, 2.75) is 12.8 Å². The van der Waals surface area contributed by atoms with Gasteiger partial charge in [0.1, 0.15) is 10.8 Å². The van der Waals surface area contributed by atoms with Gasteiger partial charge in [0.25, 0.3) is 0 Å². The maximum Gasteiger partial charge on any atom is 0.128 e. The highest BCUT2D eigenvalue weighted by molar-refractivity contribution is 7.21. The van der Waals surface area contributed by atoms with Gasteiger partial charge in [-0.25, -0.2) is 9.97 Å². The van der Waals surface area contributed by atoms with Gasteiger partial charge in [-0.05, 0) is 43.2 Å². The lowest BCUT2D eigenvalue weighted by atomic mass is 10.2. The molecule has 0 bridgehead atoms. The van der Waals surface area contributed by atoms with Crippen molar-refractivity contribution >= 4 is 33.1 Å². The van der Waals surface area contributed by atoms with Crippen molar-refractivity contribution in [3.63, 3.8) is 0 Å². The molecule has 2 aliphatic heterocycles. The molecule has 1 aromatic carbocycles. The van der Waals surface area contributed by atoms with E-state index < -0.39 is 0 Å². The number of piperazine rings is 1. The van der Waals surface area contributed by atoms with Crippen molar-refractivity contribution in [3.05, 3.63) is 36.5 Å². The molecule has 0 atom stereocenters. The first-order chi connectivity index (χ1) is 20.3. The van der Waals surface area contributed by atoms with Gasteiger partial charge in [0.15, 0.2) is 0 Å². The van der Waals surface area contributed by atoms with Crippen LogP contribution in [0.15, 0.2) is 36.5 Å². The number of pyridine rings is 1. The van der Waals surface area contributed by atoms with Crippen LogP contribution in [0.2, 0.25) is 0 Å². The van der Waals surface area contributed by atoms with Crippen molar-refractivity contribution in [2.75, 3.05) is 115 Å². The number of ether oxygens (including phenoxy) is 4. The lowest BCUT2D eigenvalue weighted by molar-refractivity contribution is -0.00324. The van der Waals surface area contributed by atoms with E-state index in [-0.39, 0.29) is 0 Å². The summed E-state index contributed by atoms with van der Waals surface area (Å²) in [6, 6.07) is 11.0. The van der Waals surface area contributed by atoms with Crippen LogP contribution in [0.4, 0.5) is 11.5 Å². The molecule has 2 aromatic heterocycles. The molecule has 0 unspecified atom stereocenters. The number of hydrogen-bond donors (Lipinski definition) is 1. The van der Waals surface area contributed by atoms with E-state index in [2.05, 4.69) is 45.0 Å². The second-order valence-corrected chi connectivity index (χ2v) is 11.4. The van der Waals surface area contributed by atoms with Crippen LogP contribution in [0.1, 0.15) is 12.8 Å². The normalized spacial score (nSPS) is 16.3. The third kappa shape index (κ3) is 9.05. The first-order valence-electron chi connectivity index (χ1n) is 14.9. The molecule has 224 valence electrons. The number of benzene rings is 1. The Hall–Kier alpha value is -2.38. The van der Waals surface area contributed by atoms with E-state index in [0.29, 0.717) is 52.8 Å². The summed E-state index contributed by atoms with van der Waals surface area (Å²) in [4.78, 5) is 16.9. The van der Waals surface area contributed by atoms with Crippen molar-refractivity contribution in [2.24, 2.45) is 5.73 Å². The largest absolute Gasteiger partial charge is 0.378 e. The predicted molar refractivity (Wildman–Crippen MR) is 165 cm³/mol. The minimum Gasteiger partial charge on any atom is -0.378 e. The predicted octanol–water partition coefficient (Wildman–Crippen LogP) is 3.11. The van der Waals surface area contributed by atoms with E-state index in [9.17, 15) is 0 Å². The highest BCUT2D eigenvalue weighted by Crippen LogP contribution is 2.33. The number of thiazole rings is 1. The van der Waals surface area contributed by atoms with Crippen LogP contribution in [0.25, 0.3) is 20.8 Å². The Morgan fingerprint density at radius 3 is 2.07 bits per heavy atom. The molecule has 2 fully saturated rings. The van der Waals surface area contributed by atoms with E-state index in [4.69, 9.17) is 34.6 Å². The van der Waals surface area contributed by atoms with Crippen LogP contribution in [0, 0.1) is 0 Å². The molecule has 2 N–H and O–H groups in total. The van der Waals surface area contributed by atoms with Crippen molar-refractivity contribution < 1.29 is 18.9 Å². The minimum absolute atomic E-state index is 0.541. The fraction of sp³-hybridized carbons (Fsp3) is 0.600. The molecule has 11 heteroatoms. The molecule has 2 saturated heterocycles. The second kappa shape index (κ2) is 16.3. The van der Waals surface area contributed by atoms with Gasteiger partial charge in [-0.3, -0.25) is 4.90 Å². The average molecular weight is 585 g/mol. The zero-order valence-corrected chi connectivity index (χ0v) is 24.9. The summed E-state index contributed by atoms with van der Waals surface area (Å²) in [6.45, 7) is 12.6. The fourth-order valence-corrected chi connectivity index (χ4v) is 6.14. The maximum absolute atomic E-state index is 5.77. The number of anilines is 2. The Morgan fingerprint density at radius 1 is 0.732 bits per heavy atom. The number of aromatic nitrogens is 2. The van der Waals surface area contributed by atoms with Crippen LogP contribution < -0.4 is 15.5 Å². The first kappa shape index (κ1) is 30.1. The molecule has 3 aromatic rings. The van der Waals surface area contributed by atoms with Gasteiger partial charge in [-0.15, -0.1) is 11.3 Å². The van der Waals surface area contributed by atoms with Gasteiger partial charge in [0, 0.05) is 69.8 Å². The standard InChI is InChI=1S/C30H44N6O4S/c31-7-15-37-17-19-39-21-22-40-20-18-38-16-14-34-10-12-35(13-11-34)26-4-5-27-28(23-26)41-30(33-27)25-3-6-29(32-24-25)36-8-1-2-9-36/h3-6,23-24H,1-2,7-22,31H2. The number of fused-ring (bicyclic) bond motifs is 1. The third-order valence-electron chi connectivity index (χ3n) is 7.46. The molecule has 4 heterocycles. The minimum atomic E-state index is 0.541. The van der Waals surface area contributed by atoms with Gasteiger partial charge < -0.3 is 34.5 Å². The van der Waals surface area contributed by atoms with E-state index >= 15 is 0 Å². The van der Waals surface area contributed by atoms with Gasteiger partial charge >= 0.3 is 0 Å². The Bertz CT molecular complexity index is 1170. The smallest absolute Gasteiger partial charge is 0.128 e. The summed E-state index contributed by atoms with van der Waals surface area (Å²) in [6.07, 6.45) is 4.49. The molecule has 0 radical (unpaired) electrons. The van der Waals surface area contributed by atoms with Crippen LogP contribution in [0.5, 0.6) is 0 Å². The quantitative estimate of drug-likeness (QED) is 0.238. The molecule has 5 rings (SSSR count). The van der Waals surface area contributed by atoms with Crippen molar-refractivity contribution in [3.8, 4) is 10.6 Å².